The lowest BCUT2D eigenvalue weighted by Crippen LogP contribution is -2.28. The average Bonchev–Trinajstić information content (AvgIpc) is 2.41. The van der Waals surface area contributed by atoms with Crippen LogP contribution in [0.1, 0.15) is 12.5 Å². The van der Waals surface area contributed by atoms with Gasteiger partial charge in [-0.1, -0.05) is 12.1 Å². The Labute approximate surface area is 112 Å². The lowest BCUT2D eigenvalue weighted by Gasteiger charge is -2.07. The minimum Gasteiger partial charge on any atom is -0.464 e. The number of benzene rings is 1. The van der Waals surface area contributed by atoms with Crippen LogP contribution in [0.2, 0.25) is 0 Å². The topological polar surface area (TPSA) is 76.7 Å². The molecule has 0 bridgehead atoms. The van der Waals surface area contributed by atoms with Gasteiger partial charge in [-0.3, -0.25) is 4.79 Å². The van der Waals surface area contributed by atoms with Crippen molar-refractivity contribution in [1.29, 1.82) is 0 Å². The fourth-order valence-electron chi connectivity index (χ4n) is 1.32. The number of anilines is 1. The molecular weight excluding hydrogens is 248 g/mol. The maximum atomic E-state index is 11.3. The average molecular weight is 266 g/mol. The third-order valence-electron chi connectivity index (χ3n) is 2.29. The molecule has 0 atom stereocenters. The molecule has 2 N–H and O–H groups in total. The Balaban J connectivity index is 2.20. The smallest absolute Gasteiger partial charge is 0.407 e. The Morgan fingerprint density at radius 2 is 1.84 bits per heavy atom. The molecular formula is C13H18N2O4. The second-order valence-corrected chi connectivity index (χ2v) is 3.79. The predicted octanol–water partition coefficient (Wildman–Crippen LogP) is 1.52. The van der Waals surface area contributed by atoms with Crippen molar-refractivity contribution >= 4 is 17.7 Å². The number of rotatable bonds is 6. The van der Waals surface area contributed by atoms with Crippen LogP contribution < -0.4 is 10.6 Å². The molecule has 6 nitrogen and oxygen atoms in total. The molecule has 0 aliphatic rings. The number of carbonyl (C=O) groups is 2. The molecule has 6 heteroatoms. The van der Waals surface area contributed by atoms with E-state index in [1.165, 1.54) is 6.92 Å². The van der Waals surface area contributed by atoms with E-state index in [0.717, 1.165) is 11.3 Å². The molecule has 0 saturated heterocycles. The third kappa shape index (κ3) is 6.30. The summed E-state index contributed by atoms with van der Waals surface area (Å²) in [5, 5.41) is 5.48. The van der Waals surface area contributed by atoms with Crippen molar-refractivity contribution in [2.75, 3.05) is 25.5 Å². The number of ether oxygens (including phenoxy) is 2. The van der Waals surface area contributed by atoms with Gasteiger partial charge in [0.2, 0.25) is 0 Å². The molecule has 0 radical (unpaired) electrons. The quantitative estimate of drug-likeness (QED) is 0.603. The van der Waals surface area contributed by atoms with Gasteiger partial charge in [0.15, 0.2) is 0 Å². The van der Waals surface area contributed by atoms with Gasteiger partial charge in [0, 0.05) is 19.7 Å². The van der Waals surface area contributed by atoms with Crippen molar-refractivity contribution < 1.29 is 19.1 Å². The van der Waals surface area contributed by atoms with Crippen molar-refractivity contribution in [3.8, 4) is 0 Å². The first-order chi connectivity index (χ1) is 9.11. The highest BCUT2D eigenvalue weighted by atomic mass is 16.6. The Morgan fingerprint density at radius 3 is 2.42 bits per heavy atom. The van der Waals surface area contributed by atoms with Crippen molar-refractivity contribution in [3.05, 3.63) is 29.8 Å². The SMILES string of the molecule is CNc1ccc(COC(=O)NCCOC(C)=O)cc1. The summed E-state index contributed by atoms with van der Waals surface area (Å²) in [5.74, 6) is -0.375. The molecule has 0 fully saturated rings. The summed E-state index contributed by atoms with van der Waals surface area (Å²) in [7, 11) is 1.84. The van der Waals surface area contributed by atoms with Crippen LogP contribution in [0.3, 0.4) is 0 Å². The first-order valence-electron chi connectivity index (χ1n) is 5.92. The molecule has 0 spiro atoms. The number of alkyl carbamates (subject to hydrolysis) is 1. The van der Waals surface area contributed by atoms with E-state index in [-0.39, 0.29) is 25.7 Å². The van der Waals surface area contributed by atoms with Gasteiger partial charge in [-0.15, -0.1) is 0 Å². The van der Waals surface area contributed by atoms with E-state index in [2.05, 4.69) is 15.4 Å². The molecule has 104 valence electrons. The monoisotopic (exact) mass is 266 g/mol. The van der Waals surface area contributed by atoms with Gasteiger partial charge < -0.3 is 20.1 Å². The molecule has 0 aromatic heterocycles. The van der Waals surface area contributed by atoms with Gasteiger partial charge in [0.05, 0.1) is 6.54 Å². The largest absolute Gasteiger partial charge is 0.464 e. The summed E-state index contributed by atoms with van der Waals surface area (Å²) < 4.78 is 9.66. The standard InChI is InChI=1S/C13H18N2O4/c1-10(16)18-8-7-15-13(17)19-9-11-3-5-12(14-2)6-4-11/h3-6,14H,7-9H2,1-2H3,(H,15,17). The van der Waals surface area contributed by atoms with E-state index in [4.69, 9.17) is 4.74 Å². The van der Waals surface area contributed by atoms with Crippen LogP contribution in [0.25, 0.3) is 0 Å². The first kappa shape index (κ1) is 14.8. The fourth-order valence-corrected chi connectivity index (χ4v) is 1.32. The van der Waals surface area contributed by atoms with Gasteiger partial charge in [0.25, 0.3) is 0 Å². The summed E-state index contributed by atoms with van der Waals surface area (Å²) in [6.45, 7) is 1.88. The zero-order valence-corrected chi connectivity index (χ0v) is 11.1. The summed E-state index contributed by atoms with van der Waals surface area (Å²) >= 11 is 0. The minimum absolute atomic E-state index is 0.140. The molecule has 0 heterocycles. The van der Waals surface area contributed by atoms with Crippen LogP contribution >= 0.6 is 0 Å². The van der Waals surface area contributed by atoms with E-state index in [0.29, 0.717) is 0 Å². The van der Waals surface area contributed by atoms with Gasteiger partial charge in [0.1, 0.15) is 13.2 Å². The Morgan fingerprint density at radius 1 is 1.16 bits per heavy atom. The Bertz CT molecular complexity index is 417. The summed E-state index contributed by atoms with van der Waals surface area (Å²) in [5.41, 5.74) is 1.89. The van der Waals surface area contributed by atoms with Crippen LogP contribution in [-0.4, -0.2) is 32.3 Å². The minimum atomic E-state index is -0.537. The van der Waals surface area contributed by atoms with Crippen molar-refractivity contribution in [2.45, 2.75) is 13.5 Å². The van der Waals surface area contributed by atoms with Gasteiger partial charge in [-0.05, 0) is 17.7 Å². The van der Waals surface area contributed by atoms with Crippen molar-refractivity contribution in [3.63, 3.8) is 0 Å². The molecule has 19 heavy (non-hydrogen) atoms. The molecule has 0 unspecified atom stereocenters. The number of esters is 1. The van der Waals surface area contributed by atoms with Crippen LogP contribution in [0.5, 0.6) is 0 Å². The zero-order chi connectivity index (χ0) is 14.1. The van der Waals surface area contributed by atoms with E-state index in [9.17, 15) is 9.59 Å². The molecule has 1 amide bonds. The number of nitrogens with one attached hydrogen (secondary N) is 2. The predicted molar refractivity (Wildman–Crippen MR) is 70.8 cm³/mol. The van der Waals surface area contributed by atoms with Gasteiger partial charge >= 0.3 is 12.1 Å². The Kier molecular flexibility index (Phi) is 6.21. The molecule has 1 aromatic carbocycles. The van der Waals surface area contributed by atoms with Gasteiger partial charge in [-0.25, -0.2) is 4.79 Å². The number of carbonyl (C=O) groups excluding carboxylic acids is 2. The number of hydrogen-bond donors (Lipinski definition) is 2. The molecule has 0 aliphatic carbocycles. The highest BCUT2D eigenvalue weighted by Gasteiger charge is 2.02. The highest BCUT2D eigenvalue weighted by Crippen LogP contribution is 2.09. The second kappa shape index (κ2) is 7.97. The number of hydrogen-bond acceptors (Lipinski definition) is 5. The van der Waals surface area contributed by atoms with Crippen LogP contribution in [0.15, 0.2) is 24.3 Å². The summed E-state index contributed by atoms with van der Waals surface area (Å²) in [4.78, 5) is 21.8. The highest BCUT2D eigenvalue weighted by molar-refractivity contribution is 5.67. The lowest BCUT2D eigenvalue weighted by atomic mass is 10.2. The summed E-state index contributed by atoms with van der Waals surface area (Å²) in [6, 6.07) is 7.55. The van der Waals surface area contributed by atoms with Crippen LogP contribution in [0.4, 0.5) is 10.5 Å². The fraction of sp³-hybridized carbons (Fsp3) is 0.385. The number of amides is 1. The van der Waals surface area contributed by atoms with Crippen molar-refractivity contribution in [1.82, 2.24) is 5.32 Å². The normalized spacial score (nSPS) is 9.58. The molecule has 0 saturated carbocycles. The zero-order valence-electron chi connectivity index (χ0n) is 11.1. The second-order valence-electron chi connectivity index (χ2n) is 3.79. The first-order valence-corrected chi connectivity index (χ1v) is 5.92. The van der Waals surface area contributed by atoms with E-state index in [1.54, 1.807) is 0 Å². The maximum Gasteiger partial charge on any atom is 0.407 e. The third-order valence-corrected chi connectivity index (χ3v) is 2.29. The van der Waals surface area contributed by atoms with E-state index < -0.39 is 6.09 Å². The maximum absolute atomic E-state index is 11.3. The molecule has 0 aliphatic heterocycles. The Hall–Kier alpha value is -2.24. The lowest BCUT2D eigenvalue weighted by molar-refractivity contribution is -0.140. The van der Waals surface area contributed by atoms with Crippen LogP contribution in [-0.2, 0) is 20.9 Å². The van der Waals surface area contributed by atoms with Crippen LogP contribution in [0, 0.1) is 0 Å². The molecule has 1 rings (SSSR count). The van der Waals surface area contributed by atoms with E-state index >= 15 is 0 Å². The van der Waals surface area contributed by atoms with E-state index in [1.807, 2.05) is 31.3 Å². The summed E-state index contributed by atoms with van der Waals surface area (Å²) in [6.07, 6.45) is -0.537. The molecule has 1 aromatic rings. The van der Waals surface area contributed by atoms with Gasteiger partial charge in [-0.2, -0.15) is 0 Å². The van der Waals surface area contributed by atoms with Crippen molar-refractivity contribution in [2.24, 2.45) is 0 Å².